The second kappa shape index (κ2) is 34.5. The van der Waals surface area contributed by atoms with Gasteiger partial charge in [0.2, 0.25) is 0 Å². The lowest BCUT2D eigenvalue weighted by molar-refractivity contribution is -0.157. The summed E-state index contributed by atoms with van der Waals surface area (Å²) in [5.74, 6) is 0.952. The van der Waals surface area contributed by atoms with E-state index in [4.69, 9.17) is 29.7 Å². The van der Waals surface area contributed by atoms with Gasteiger partial charge >= 0.3 is 5.97 Å². The zero-order valence-corrected chi connectivity index (χ0v) is 41.9. The smallest absolute Gasteiger partial charge is 0.306 e. The number of para-hydroxylation sites is 1. The lowest BCUT2D eigenvalue weighted by Crippen LogP contribution is -2.34. The van der Waals surface area contributed by atoms with Crippen molar-refractivity contribution >= 4 is 33.7 Å². The number of esters is 1. The summed E-state index contributed by atoms with van der Waals surface area (Å²) in [6, 6.07) is 7.94. The van der Waals surface area contributed by atoms with Crippen molar-refractivity contribution in [3.05, 3.63) is 30.1 Å². The van der Waals surface area contributed by atoms with Crippen molar-refractivity contribution in [2.45, 2.75) is 202 Å². The van der Waals surface area contributed by atoms with Crippen LogP contribution in [0.4, 0.5) is 5.82 Å². The van der Waals surface area contributed by atoms with Crippen LogP contribution in [-0.4, -0.2) is 108 Å². The van der Waals surface area contributed by atoms with Crippen molar-refractivity contribution in [3.63, 3.8) is 0 Å². The summed E-state index contributed by atoms with van der Waals surface area (Å²) in [6.07, 6.45) is 27.6. The monoisotopic (exact) mass is 895 g/mol. The molecule has 0 aliphatic rings. The molecule has 0 spiro atoms. The quantitative estimate of drug-likeness (QED) is 0.0435. The maximum absolute atomic E-state index is 13.3. The van der Waals surface area contributed by atoms with Crippen LogP contribution < -0.4 is 5.73 Å². The molecule has 0 radical (unpaired) electrons. The number of nitrogens with two attached hydrogens (primary N) is 1. The molecule has 1 aromatic carbocycles. The first-order chi connectivity index (χ1) is 31.2. The Kier molecular flexibility index (Phi) is 29.9. The third kappa shape index (κ3) is 23.1. The highest BCUT2D eigenvalue weighted by molar-refractivity contribution is 6.06. The summed E-state index contributed by atoms with van der Waals surface area (Å²) in [7, 11) is 0. The minimum Gasteiger partial charge on any atom is -0.458 e. The third-order valence-corrected chi connectivity index (χ3v) is 12.5. The molecular weight excluding hydrogens is 801 g/mol. The maximum atomic E-state index is 13.3. The second-order valence-electron chi connectivity index (χ2n) is 18.7. The Labute approximate surface area is 390 Å². The van der Waals surface area contributed by atoms with Crippen molar-refractivity contribution in [1.82, 2.24) is 24.3 Å². The minimum absolute atomic E-state index is 0.171. The van der Waals surface area contributed by atoms with Crippen molar-refractivity contribution in [3.8, 4) is 0 Å². The number of aromatic nitrogens is 3. The molecule has 0 bridgehead atoms. The molecule has 0 aliphatic carbocycles. The first-order valence-corrected chi connectivity index (χ1v) is 26.2. The summed E-state index contributed by atoms with van der Waals surface area (Å²) in [5, 5.41) is 0.959. The van der Waals surface area contributed by atoms with E-state index in [0.717, 1.165) is 87.4 Å². The molecule has 366 valence electrons. The molecule has 0 amide bonds. The van der Waals surface area contributed by atoms with E-state index in [0.29, 0.717) is 50.7 Å². The molecule has 0 saturated heterocycles. The number of ether oxygens (including phenoxy) is 4. The van der Waals surface area contributed by atoms with Crippen LogP contribution >= 0.6 is 0 Å². The fraction of sp³-hybridized carbons (Fsp3) is 0.792. The summed E-state index contributed by atoms with van der Waals surface area (Å²) >= 11 is 0. The topological polar surface area (TPSA) is 117 Å². The molecule has 2 N–H and O–H groups in total. The van der Waals surface area contributed by atoms with Crippen molar-refractivity contribution in [2.24, 2.45) is 0 Å². The van der Waals surface area contributed by atoms with E-state index in [2.05, 4.69) is 40.1 Å². The van der Waals surface area contributed by atoms with Gasteiger partial charge in [0, 0.05) is 31.5 Å². The first kappa shape index (κ1) is 55.5. The number of fused-ring (bicyclic) bond motifs is 3. The van der Waals surface area contributed by atoms with Gasteiger partial charge in [-0.2, -0.15) is 0 Å². The summed E-state index contributed by atoms with van der Waals surface area (Å²) in [4.78, 5) is 27.8. The Hall–Kier alpha value is -2.83. The van der Waals surface area contributed by atoms with Gasteiger partial charge in [0.1, 0.15) is 23.5 Å². The Morgan fingerprint density at radius 3 is 1.70 bits per heavy atom. The molecule has 0 fully saturated rings. The lowest BCUT2D eigenvalue weighted by Gasteiger charge is -2.27. The van der Waals surface area contributed by atoms with Gasteiger partial charge in [0.25, 0.3) is 0 Å². The van der Waals surface area contributed by atoms with Crippen molar-refractivity contribution in [2.75, 3.05) is 78.0 Å². The summed E-state index contributed by atoms with van der Waals surface area (Å²) < 4.78 is 26.1. The predicted molar refractivity (Wildman–Crippen MR) is 268 cm³/mol. The van der Waals surface area contributed by atoms with Crippen LogP contribution in [0.5, 0.6) is 0 Å². The van der Waals surface area contributed by atoms with E-state index in [-0.39, 0.29) is 5.97 Å². The number of benzene rings is 1. The molecular formula is C53H94N6O5. The number of nitrogens with zero attached hydrogens (tertiary/aromatic N) is 5. The normalized spacial score (nSPS) is 12.2. The number of imidazole rings is 1. The number of carbonyl (C=O) groups is 1. The van der Waals surface area contributed by atoms with E-state index >= 15 is 0 Å². The molecule has 3 rings (SSSR count). The summed E-state index contributed by atoms with van der Waals surface area (Å²) in [6.45, 7) is 23.1. The van der Waals surface area contributed by atoms with Crippen molar-refractivity contribution < 1.29 is 23.7 Å². The number of anilines is 1. The number of carbonyl (C=O) groups excluding carboxylic acids is 1. The molecule has 11 nitrogen and oxygen atoms in total. The minimum atomic E-state index is -0.773. The highest BCUT2D eigenvalue weighted by Gasteiger charge is 2.28. The molecule has 0 atom stereocenters. The number of hydrogen-bond acceptors (Lipinski definition) is 10. The lowest BCUT2D eigenvalue weighted by atomic mass is 10.1. The standard InChI is InChI=1S/C53H94N6O5/c1-7-11-13-15-17-19-21-23-29-35-57(9-3)38-40-62-42-43-63-41-39-58(36-30-24-22-20-18-16-14-12-8-2)37-31-25-26-34-49(60)64-53(5,6)45-59-48(44-61-10-4)56-50-51(59)46-32-27-28-33-47(46)55-52(50)54/h27-28,32-33H,7-26,29-31,34-45H2,1-6H3,(H2,54,55). The number of pyridine rings is 1. The van der Waals surface area contributed by atoms with Gasteiger partial charge in [-0.15, -0.1) is 0 Å². The average molecular weight is 895 g/mol. The zero-order valence-electron chi connectivity index (χ0n) is 41.9. The molecule has 0 saturated carbocycles. The van der Waals surface area contributed by atoms with Crippen molar-refractivity contribution in [1.29, 1.82) is 0 Å². The highest BCUT2D eigenvalue weighted by Crippen LogP contribution is 2.31. The molecule has 11 heteroatoms. The number of unbranched alkanes of at least 4 members (excludes halogenated alkanes) is 18. The van der Waals surface area contributed by atoms with Crippen LogP contribution in [0.15, 0.2) is 24.3 Å². The van der Waals surface area contributed by atoms with Gasteiger partial charge in [0.15, 0.2) is 5.82 Å². The number of nitrogen functional groups attached to an aromatic ring is 1. The van der Waals surface area contributed by atoms with Gasteiger partial charge < -0.3 is 39.0 Å². The number of likely N-dealkylation sites (N-methyl/N-ethyl adjacent to an activating group) is 1. The molecule has 2 aromatic heterocycles. The third-order valence-electron chi connectivity index (χ3n) is 12.5. The van der Waals surface area contributed by atoms with E-state index in [1.165, 1.54) is 122 Å². The van der Waals surface area contributed by atoms with Crippen LogP contribution in [0.3, 0.4) is 0 Å². The highest BCUT2D eigenvalue weighted by atomic mass is 16.6. The predicted octanol–water partition coefficient (Wildman–Crippen LogP) is 12.3. The van der Waals surface area contributed by atoms with Crippen LogP contribution in [0.25, 0.3) is 21.9 Å². The summed E-state index contributed by atoms with van der Waals surface area (Å²) in [5.41, 5.74) is 7.96. The van der Waals surface area contributed by atoms with E-state index in [1.807, 2.05) is 45.0 Å². The van der Waals surface area contributed by atoms with E-state index < -0.39 is 5.60 Å². The fourth-order valence-electron chi connectivity index (χ4n) is 8.70. The molecule has 0 unspecified atom stereocenters. The molecule has 2 heterocycles. The molecule has 3 aromatic rings. The van der Waals surface area contributed by atoms with Gasteiger partial charge in [0.05, 0.1) is 44.0 Å². The average Bonchev–Trinajstić information content (AvgIpc) is 3.64. The Morgan fingerprint density at radius 2 is 1.14 bits per heavy atom. The SMILES string of the molecule is CCCCCCCCCCCN(CC)CCOCCOCCN(CCCCCCCCCCC)CCCCCC(=O)OC(C)(C)Cn1c(COCC)nc2c(N)nc3ccccc3c21. The van der Waals surface area contributed by atoms with Gasteiger partial charge in [-0.25, -0.2) is 9.97 Å². The zero-order chi connectivity index (χ0) is 46.1. The fourth-order valence-corrected chi connectivity index (χ4v) is 8.70. The van der Waals surface area contributed by atoms with Crippen LogP contribution in [0.1, 0.15) is 189 Å². The van der Waals surface area contributed by atoms with E-state index in [1.54, 1.807) is 0 Å². The second-order valence-corrected chi connectivity index (χ2v) is 18.7. The number of hydrogen-bond donors (Lipinski definition) is 1. The van der Waals surface area contributed by atoms with E-state index in [9.17, 15) is 4.79 Å². The molecule has 0 aliphatic heterocycles. The van der Waals surface area contributed by atoms with Gasteiger partial charge in [-0.3, -0.25) is 4.79 Å². The number of rotatable bonds is 42. The van der Waals surface area contributed by atoms with Gasteiger partial charge in [-0.05, 0) is 78.7 Å². The Balaban J connectivity index is 1.38. The largest absolute Gasteiger partial charge is 0.458 e. The molecule has 64 heavy (non-hydrogen) atoms. The van der Waals surface area contributed by atoms with Crippen LogP contribution in [0, 0.1) is 0 Å². The van der Waals surface area contributed by atoms with Gasteiger partial charge in [-0.1, -0.05) is 148 Å². The Morgan fingerprint density at radius 1 is 0.625 bits per heavy atom. The maximum Gasteiger partial charge on any atom is 0.306 e. The Bertz CT molecular complexity index is 1630. The van der Waals surface area contributed by atoms with Crippen LogP contribution in [-0.2, 0) is 36.9 Å². The van der Waals surface area contributed by atoms with Crippen LogP contribution in [0.2, 0.25) is 0 Å². The first-order valence-electron chi connectivity index (χ1n) is 26.2.